The Morgan fingerprint density at radius 1 is 1.43 bits per heavy atom. The molecule has 0 unspecified atom stereocenters. The molecule has 3 nitrogen and oxygen atoms in total. The fraction of sp³-hybridized carbons (Fsp3) is 0.300. The van der Waals surface area contributed by atoms with Crippen molar-refractivity contribution < 1.29 is 14.6 Å². The summed E-state index contributed by atoms with van der Waals surface area (Å²) < 4.78 is 6.38. The Labute approximate surface area is 101 Å². The van der Waals surface area contributed by atoms with Crippen LogP contribution < -0.4 is 7.55 Å². The van der Waals surface area contributed by atoms with E-state index >= 15 is 0 Å². The number of benzene rings is 1. The third-order valence-electron chi connectivity index (χ3n) is 1.56. The number of carbonyl (C=O) groups is 1. The Hall–Kier alpha value is -0.510. The zero-order chi connectivity index (χ0) is 11.0. The molecule has 72 valence electrons. The number of hydrogen-bond donors (Lipinski definition) is 1. The number of carboxylic acid groups (broad SMARTS) is 1. The van der Waals surface area contributed by atoms with Crippen molar-refractivity contribution in [3.8, 4) is 5.75 Å². The standard InChI is InChI=1S/C7H7O.C3H6O2.Na/c1-8-7-5-3-2-4-6-7;1-2-3(4)5;/h3-6H,1H3;2H2,1H3,(H,4,5);. The SMILES string of the molecule is CCC(=O)O.COc1cc[c]([Na])cc1. The molecule has 1 aromatic carbocycles. The maximum atomic E-state index is 9.37. The van der Waals surface area contributed by atoms with Crippen LogP contribution in [-0.2, 0) is 4.79 Å². The average Bonchev–Trinajstić information content (AvgIpc) is 2.20. The normalized spacial score (nSPS) is 8.57. The molecular formula is C10H13NaO3. The Morgan fingerprint density at radius 2 is 1.86 bits per heavy atom. The van der Waals surface area contributed by atoms with E-state index in [1.807, 2.05) is 12.1 Å². The molecule has 0 saturated carbocycles. The molecule has 0 aromatic heterocycles. The fourth-order valence-electron chi connectivity index (χ4n) is 0.674. The van der Waals surface area contributed by atoms with Crippen molar-refractivity contribution in [2.24, 2.45) is 0 Å². The molecule has 0 atom stereocenters. The first-order chi connectivity index (χ1) is 6.60. The summed E-state index contributed by atoms with van der Waals surface area (Å²) in [7, 11) is 1.68. The van der Waals surface area contributed by atoms with Crippen molar-refractivity contribution in [2.75, 3.05) is 7.11 Å². The van der Waals surface area contributed by atoms with E-state index in [0.29, 0.717) is 0 Å². The van der Waals surface area contributed by atoms with Crippen molar-refractivity contribution in [1.29, 1.82) is 0 Å². The van der Waals surface area contributed by atoms with E-state index in [9.17, 15) is 4.79 Å². The van der Waals surface area contributed by atoms with Crippen LogP contribution >= 0.6 is 0 Å². The first-order valence-corrected chi connectivity index (χ1v) is 5.42. The summed E-state index contributed by atoms with van der Waals surface area (Å²) in [6, 6.07) is 8.15. The molecule has 1 aromatic rings. The maximum absolute atomic E-state index is 9.37. The van der Waals surface area contributed by atoms with E-state index in [4.69, 9.17) is 9.84 Å². The Balaban J connectivity index is 0.000000292. The van der Waals surface area contributed by atoms with Crippen LogP contribution in [0.3, 0.4) is 0 Å². The van der Waals surface area contributed by atoms with Crippen molar-refractivity contribution in [3.63, 3.8) is 0 Å². The molecule has 0 bridgehead atoms. The molecular weight excluding hydrogens is 191 g/mol. The zero-order valence-electron chi connectivity index (χ0n) is 8.78. The van der Waals surface area contributed by atoms with Gasteiger partial charge in [0.25, 0.3) is 0 Å². The molecule has 0 aliphatic heterocycles. The quantitative estimate of drug-likeness (QED) is 0.730. The minimum atomic E-state index is -0.745. The van der Waals surface area contributed by atoms with Crippen LogP contribution in [0.4, 0.5) is 0 Å². The van der Waals surface area contributed by atoms with Crippen LogP contribution in [0.25, 0.3) is 0 Å². The van der Waals surface area contributed by atoms with Gasteiger partial charge < -0.3 is 5.11 Å². The molecule has 0 amide bonds. The molecule has 0 spiro atoms. The van der Waals surface area contributed by atoms with Crippen molar-refractivity contribution in [3.05, 3.63) is 24.3 Å². The molecule has 1 rings (SSSR count). The van der Waals surface area contributed by atoms with Gasteiger partial charge in [-0.2, -0.15) is 0 Å². The van der Waals surface area contributed by atoms with Crippen LogP contribution in [-0.4, -0.2) is 46.1 Å². The summed E-state index contributed by atoms with van der Waals surface area (Å²) in [6.07, 6.45) is 0.222. The van der Waals surface area contributed by atoms with Gasteiger partial charge in [0.2, 0.25) is 0 Å². The summed E-state index contributed by atoms with van der Waals surface area (Å²) in [6.45, 7) is 1.60. The third-order valence-corrected chi connectivity index (χ3v) is 2.23. The summed E-state index contributed by atoms with van der Waals surface area (Å²) in [5, 5.41) is 7.72. The van der Waals surface area contributed by atoms with Crippen LogP contribution in [0.2, 0.25) is 0 Å². The van der Waals surface area contributed by atoms with Gasteiger partial charge in [0.05, 0.1) is 0 Å². The Kier molecular flexibility index (Phi) is 7.57. The molecule has 0 fully saturated rings. The van der Waals surface area contributed by atoms with Gasteiger partial charge >= 0.3 is 78.6 Å². The van der Waals surface area contributed by atoms with Gasteiger partial charge in [0.1, 0.15) is 0 Å². The predicted molar refractivity (Wildman–Crippen MR) is 56.3 cm³/mol. The molecule has 0 saturated heterocycles. The Morgan fingerprint density at radius 3 is 2.14 bits per heavy atom. The molecule has 14 heavy (non-hydrogen) atoms. The van der Waals surface area contributed by atoms with Gasteiger partial charge in [-0.15, -0.1) is 0 Å². The minimum absolute atomic E-state index is 0.222. The van der Waals surface area contributed by atoms with Gasteiger partial charge in [-0.3, -0.25) is 4.79 Å². The van der Waals surface area contributed by atoms with Gasteiger partial charge in [-0.1, -0.05) is 6.92 Å². The average molecular weight is 204 g/mol. The summed E-state index contributed by atoms with van der Waals surface area (Å²) >= 11 is 1.12. The second kappa shape index (κ2) is 7.85. The molecule has 0 aliphatic carbocycles. The van der Waals surface area contributed by atoms with E-state index in [1.54, 1.807) is 14.0 Å². The first-order valence-electron chi connectivity index (χ1n) is 4.42. The molecule has 4 heteroatoms. The number of rotatable bonds is 2. The van der Waals surface area contributed by atoms with Crippen LogP contribution in [0, 0.1) is 0 Å². The third kappa shape index (κ3) is 6.95. The van der Waals surface area contributed by atoms with Gasteiger partial charge in [0, 0.05) is 6.42 Å². The van der Waals surface area contributed by atoms with Gasteiger partial charge in [0.15, 0.2) is 0 Å². The van der Waals surface area contributed by atoms with Gasteiger partial charge in [-0.25, -0.2) is 0 Å². The van der Waals surface area contributed by atoms with Crippen molar-refractivity contribution in [1.82, 2.24) is 0 Å². The predicted octanol–water partition coefficient (Wildman–Crippen LogP) is 0.970. The van der Waals surface area contributed by atoms with E-state index < -0.39 is 5.97 Å². The number of methoxy groups -OCH3 is 1. The topological polar surface area (TPSA) is 46.5 Å². The number of hydrogen-bond acceptors (Lipinski definition) is 2. The Bertz CT molecular complexity index is 269. The summed E-state index contributed by atoms with van der Waals surface area (Å²) in [5.74, 6) is 0.194. The van der Waals surface area contributed by atoms with Crippen molar-refractivity contribution >= 4 is 36.7 Å². The van der Waals surface area contributed by atoms with E-state index in [0.717, 1.165) is 33.7 Å². The second-order valence-corrected chi connectivity index (χ2v) is 3.92. The molecule has 0 radical (unpaired) electrons. The van der Waals surface area contributed by atoms with E-state index in [1.165, 1.54) is 2.81 Å². The molecule has 0 heterocycles. The number of carboxylic acids is 1. The van der Waals surface area contributed by atoms with Gasteiger partial charge in [-0.05, 0) is 0 Å². The zero-order valence-corrected chi connectivity index (χ0v) is 10.8. The van der Waals surface area contributed by atoms with E-state index in [2.05, 4.69) is 12.1 Å². The van der Waals surface area contributed by atoms with Crippen LogP contribution in [0.1, 0.15) is 13.3 Å². The molecule has 1 N–H and O–H groups in total. The fourth-order valence-corrected chi connectivity index (χ4v) is 1.01. The van der Waals surface area contributed by atoms with E-state index in [-0.39, 0.29) is 6.42 Å². The van der Waals surface area contributed by atoms with Crippen LogP contribution in [0.5, 0.6) is 5.75 Å². The van der Waals surface area contributed by atoms with Crippen molar-refractivity contribution in [2.45, 2.75) is 13.3 Å². The summed E-state index contributed by atoms with van der Waals surface area (Å²) in [5.41, 5.74) is 0. The van der Waals surface area contributed by atoms with Crippen LogP contribution in [0.15, 0.2) is 24.3 Å². The number of aliphatic carboxylic acids is 1. The second-order valence-electron chi connectivity index (χ2n) is 2.76. The summed E-state index contributed by atoms with van der Waals surface area (Å²) in [4.78, 5) is 9.37. The first kappa shape index (κ1) is 13.5. The molecule has 0 aliphatic rings. The number of ether oxygens (including phenoxy) is 1. The monoisotopic (exact) mass is 204 g/mol.